The van der Waals surface area contributed by atoms with E-state index < -0.39 is 5.97 Å². The smallest absolute Gasteiger partial charge is 0.303 e. The Morgan fingerprint density at radius 3 is 2.73 bits per heavy atom. The maximum absolute atomic E-state index is 11.9. The van der Waals surface area contributed by atoms with Gasteiger partial charge in [-0.2, -0.15) is 0 Å². The predicted molar refractivity (Wildman–Crippen MR) is 79.6 cm³/mol. The summed E-state index contributed by atoms with van der Waals surface area (Å²) in [7, 11) is 0. The molecule has 0 spiro atoms. The quantitative estimate of drug-likeness (QED) is 0.712. The van der Waals surface area contributed by atoms with Gasteiger partial charge in [-0.15, -0.1) is 0 Å². The van der Waals surface area contributed by atoms with Gasteiger partial charge in [0.1, 0.15) is 5.75 Å². The van der Waals surface area contributed by atoms with Crippen LogP contribution in [0.25, 0.3) is 0 Å². The summed E-state index contributed by atoms with van der Waals surface area (Å²) in [4.78, 5) is 22.2. The molecule has 1 aromatic rings. The van der Waals surface area contributed by atoms with Gasteiger partial charge in [0.05, 0.1) is 19.1 Å². The highest BCUT2D eigenvalue weighted by Crippen LogP contribution is 2.14. The van der Waals surface area contributed by atoms with Crippen molar-refractivity contribution in [2.24, 2.45) is 5.92 Å². The van der Waals surface area contributed by atoms with E-state index in [9.17, 15) is 9.59 Å². The summed E-state index contributed by atoms with van der Waals surface area (Å²) in [6, 6.07) is 7.41. The molecule has 1 fully saturated rings. The van der Waals surface area contributed by atoms with Crippen LogP contribution in [-0.2, 0) is 20.9 Å². The van der Waals surface area contributed by atoms with E-state index in [1.807, 2.05) is 24.3 Å². The summed E-state index contributed by atoms with van der Waals surface area (Å²) in [5, 5.41) is 11.4. The molecule has 1 heterocycles. The van der Waals surface area contributed by atoms with Crippen LogP contribution in [0.5, 0.6) is 5.75 Å². The average Bonchev–Trinajstić information content (AvgIpc) is 3.04. The Hall–Kier alpha value is -2.08. The molecule has 1 amide bonds. The van der Waals surface area contributed by atoms with Gasteiger partial charge in [0, 0.05) is 19.6 Å². The van der Waals surface area contributed by atoms with Crippen LogP contribution in [-0.4, -0.2) is 36.8 Å². The molecule has 2 N–H and O–H groups in total. The third kappa shape index (κ3) is 5.37. The summed E-state index contributed by atoms with van der Waals surface area (Å²) in [5.41, 5.74) is 0.991. The van der Waals surface area contributed by atoms with E-state index in [2.05, 4.69) is 5.32 Å². The fourth-order valence-electron chi connectivity index (χ4n) is 2.19. The van der Waals surface area contributed by atoms with Crippen molar-refractivity contribution < 1.29 is 24.2 Å². The van der Waals surface area contributed by atoms with Crippen LogP contribution in [0.15, 0.2) is 24.3 Å². The molecule has 1 aromatic carbocycles. The first-order valence-electron chi connectivity index (χ1n) is 7.44. The molecule has 1 unspecified atom stereocenters. The normalized spacial score (nSPS) is 17.2. The van der Waals surface area contributed by atoms with Gasteiger partial charge in [-0.1, -0.05) is 12.1 Å². The molecule has 1 aliphatic heterocycles. The Morgan fingerprint density at radius 1 is 1.32 bits per heavy atom. The summed E-state index contributed by atoms with van der Waals surface area (Å²) in [6.07, 6.45) is 1.38. The second-order valence-electron chi connectivity index (χ2n) is 5.27. The number of nitrogens with one attached hydrogen (secondary N) is 1. The van der Waals surface area contributed by atoms with E-state index in [-0.39, 0.29) is 18.2 Å². The zero-order valence-electron chi connectivity index (χ0n) is 12.4. The van der Waals surface area contributed by atoms with Gasteiger partial charge in [0.15, 0.2) is 0 Å². The summed E-state index contributed by atoms with van der Waals surface area (Å²) in [6.45, 7) is 2.03. The van der Waals surface area contributed by atoms with Crippen LogP contribution in [0.3, 0.4) is 0 Å². The van der Waals surface area contributed by atoms with Crippen molar-refractivity contribution in [2.45, 2.75) is 25.8 Å². The number of hydrogen-bond acceptors (Lipinski definition) is 4. The van der Waals surface area contributed by atoms with Gasteiger partial charge in [-0.25, -0.2) is 0 Å². The summed E-state index contributed by atoms with van der Waals surface area (Å²) >= 11 is 0. The highest BCUT2D eigenvalue weighted by molar-refractivity contribution is 5.78. The lowest BCUT2D eigenvalue weighted by Gasteiger charge is -2.10. The van der Waals surface area contributed by atoms with Crippen LogP contribution < -0.4 is 10.1 Å². The molecule has 0 saturated carbocycles. The van der Waals surface area contributed by atoms with Gasteiger partial charge < -0.3 is 19.9 Å². The SMILES string of the molecule is O=C(O)CCCOc1ccc(CNC(=O)C2CCOC2)cc1. The highest BCUT2D eigenvalue weighted by Gasteiger charge is 2.22. The lowest BCUT2D eigenvalue weighted by molar-refractivity contribution is -0.137. The minimum Gasteiger partial charge on any atom is -0.494 e. The molecule has 2 rings (SSSR count). The van der Waals surface area contributed by atoms with Crippen molar-refractivity contribution in [3.8, 4) is 5.75 Å². The summed E-state index contributed by atoms with van der Waals surface area (Å²) in [5.74, 6) is -0.115. The van der Waals surface area contributed by atoms with Crippen molar-refractivity contribution in [1.29, 1.82) is 0 Å². The molecule has 0 aromatic heterocycles. The van der Waals surface area contributed by atoms with Crippen molar-refractivity contribution in [1.82, 2.24) is 5.32 Å². The average molecular weight is 307 g/mol. The molecule has 1 saturated heterocycles. The molecule has 0 bridgehead atoms. The van der Waals surface area contributed by atoms with Gasteiger partial charge >= 0.3 is 5.97 Å². The van der Waals surface area contributed by atoms with Gasteiger partial charge in [-0.3, -0.25) is 9.59 Å². The van der Waals surface area contributed by atoms with E-state index in [1.54, 1.807) is 0 Å². The number of hydrogen-bond donors (Lipinski definition) is 2. The maximum Gasteiger partial charge on any atom is 0.303 e. The third-order valence-electron chi connectivity index (χ3n) is 3.49. The number of amides is 1. The second kappa shape index (κ2) is 8.38. The Kier molecular flexibility index (Phi) is 6.21. The fourth-order valence-corrected chi connectivity index (χ4v) is 2.19. The number of aliphatic carboxylic acids is 1. The molecule has 6 heteroatoms. The van der Waals surface area contributed by atoms with E-state index in [0.29, 0.717) is 38.5 Å². The van der Waals surface area contributed by atoms with E-state index in [1.165, 1.54) is 0 Å². The third-order valence-corrected chi connectivity index (χ3v) is 3.49. The molecule has 6 nitrogen and oxygen atoms in total. The second-order valence-corrected chi connectivity index (χ2v) is 5.27. The largest absolute Gasteiger partial charge is 0.494 e. The highest BCUT2D eigenvalue weighted by atomic mass is 16.5. The first-order chi connectivity index (χ1) is 10.6. The molecule has 22 heavy (non-hydrogen) atoms. The number of carbonyl (C=O) groups excluding carboxylic acids is 1. The minimum absolute atomic E-state index is 0.0307. The van der Waals surface area contributed by atoms with Crippen molar-refractivity contribution in [3.05, 3.63) is 29.8 Å². The Labute approximate surface area is 129 Å². The Bertz CT molecular complexity index is 494. The molecule has 0 aliphatic carbocycles. The number of carboxylic acids is 1. The fraction of sp³-hybridized carbons (Fsp3) is 0.500. The number of ether oxygens (including phenoxy) is 2. The number of benzene rings is 1. The summed E-state index contributed by atoms with van der Waals surface area (Å²) < 4.78 is 10.6. The van der Waals surface area contributed by atoms with Gasteiger partial charge in [-0.05, 0) is 30.5 Å². The van der Waals surface area contributed by atoms with Crippen LogP contribution in [0.2, 0.25) is 0 Å². The van der Waals surface area contributed by atoms with Gasteiger partial charge in [0.25, 0.3) is 0 Å². The molecule has 0 radical (unpaired) electrons. The van der Waals surface area contributed by atoms with Crippen LogP contribution in [0.1, 0.15) is 24.8 Å². The first kappa shape index (κ1) is 16.3. The standard InChI is InChI=1S/C16H21NO5/c18-15(19)2-1-8-22-14-5-3-12(4-6-14)10-17-16(20)13-7-9-21-11-13/h3-6,13H,1-2,7-11H2,(H,17,20)(H,18,19). The van der Waals surface area contributed by atoms with Gasteiger partial charge in [0.2, 0.25) is 5.91 Å². The van der Waals surface area contributed by atoms with E-state index in [4.69, 9.17) is 14.6 Å². The lowest BCUT2D eigenvalue weighted by Crippen LogP contribution is -2.30. The molecule has 120 valence electrons. The molecular weight excluding hydrogens is 286 g/mol. The van der Waals surface area contributed by atoms with E-state index in [0.717, 1.165) is 12.0 Å². The zero-order valence-corrected chi connectivity index (χ0v) is 12.4. The van der Waals surface area contributed by atoms with Crippen LogP contribution in [0, 0.1) is 5.92 Å². The van der Waals surface area contributed by atoms with Crippen LogP contribution >= 0.6 is 0 Å². The van der Waals surface area contributed by atoms with Crippen molar-refractivity contribution in [2.75, 3.05) is 19.8 Å². The Morgan fingerprint density at radius 2 is 2.09 bits per heavy atom. The van der Waals surface area contributed by atoms with Crippen molar-refractivity contribution >= 4 is 11.9 Å². The molecule has 1 atom stereocenters. The zero-order chi connectivity index (χ0) is 15.8. The number of carboxylic acid groups (broad SMARTS) is 1. The molecule has 1 aliphatic rings. The maximum atomic E-state index is 11.9. The van der Waals surface area contributed by atoms with Crippen molar-refractivity contribution in [3.63, 3.8) is 0 Å². The Balaban J connectivity index is 1.69. The first-order valence-corrected chi connectivity index (χ1v) is 7.44. The monoisotopic (exact) mass is 307 g/mol. The molecular formula is C16H21NO5. The minimum atomic E-state index is -0.817. The topological polar surface area (TPSA) is 84.9 Å². The predicted octanol–water partition coefficient (Wildman–Crippen LogP) is 1.58. The number of carbonyl (C=O) groups is 2. The number of rotatable bonds is 8. The lowest BCUT2D eigenvalue weighted by atomic mass is 10.1. The van der Waals surface area contributed by atoms with Crippen LogP contribution in [0.4, 0.5) is 0 Å². The van der Waals surface area contributed by atoms with E-state index >= 15 is 0 Å².